The van der Waals surface area contributed by atoms with Crippen LogP contribution < -0.4 is 5.32 Å². The molecule has 5 unspecified atom stereocenters. The normalized spacial score (nSPS) is 37.2. The molecule has 0 bridgehead atoms. The molecule has 2 aliphatic rings. The van der Waals surface area contributed by atoms with E-state index in [4.69, 9.17) is 4.74 Å². The summed E-state index contributed by atoms with van der Waals surface area (Å²) in [5.41, 5.74) is 0.892. The van der Waals surface area contributed by atoms with Gasteiger partial charge in [0.05, 0.1) is 12.1 Å². The minimum Gasteiger partial charge on any atom is -0.457 e. The van der Waals surface area contributed by atoms with Crippen molar-refractivity contribution >= 4 is 11.7 Å². The van der Waals surface area contributed by atoms with Crippen molar-refractivity contribution < 1.29 is 14.9 Å². The minimum atomic E-state index is -0.882. The highest BCUT2D eigenvalue weighted by Gasteiger charge is 2.46. The summed E-state index contributed by atoms with van der Waals surface area (Å²) in [6.45, 7) is 1.92. The van der Waals surface area contributed by atoms with Crippen LogP contribution in [0.15, 0.2) is 35.3 Å². The number of nitrogens with zero attached hydrogens (tertiary/aromatic N) is 1. The lowest BCUT2D eigenvalue weighted by atomic mass is 9.81. The van der Waals surface area contributed by atoms with Crippen molar-refractivity contribution in [2.45, 2.75) is 37.7 Å². The first-order valence-corrected chi connectivity index (χ1v) is 6.58. The van der Waals surface area contributed by atoms with E-state index in [1.165, 1.54) is 0 Å². The minimum absolute atomic E-state index is 0.0275. The van der Waals surface area contributed by atoms with Crippen LogP contribution >= 0.6 is 0 Å². The molecule has 1 aromatic carbocycles. The van der Waals surface area contributed by atoms with Gasteiger partial charge in [-0.15, -0.1) is 0 Å². The molecular formula is C14H18N2O3. The van der Waals surface area contributed by atoms with Gasteiger partial charge in [-0.1, -0.05) is 25.1 Å². The number of ether oxygens (including phenoxy) is 1. The number of anilines is 1. The zero-order valence-electron chi connectivity index (χ0n) is 10.7. The first-order valence-electron chi connectivity index (χ1n) is 6.58. The van der Waals surface area contributed by atoms with Crippen LogP contribution in [0.2, 0.25) is 0 Å². The Labute approximate surface area is 111 Å². The Hall–Kier alpha value is -1.59. The number of aliphatic hydroxyl groups is 2. The summed E-state index contributed by atoms with van der Waals surface area (Å²) in [4.78, 5) is 4.45. The average Bonchev–Trinajstić information content (AvgIpc) is 2.80. The number of hydrogen-bond donors (Lipinski definition) is 3. The predicted octanol–water partition coefficient (Wildman–Crippen LogP) is 0.983. The van der Waals surface area contributed by atoms with Crippen LogP contribution in [-0.4, -0.2) is 40.6 Å². The molecule has 5 heteroatoms. The molecule has 1 aromatic rings. The summed E-state index contributed by atoms with van der Waals surface area (Å²) >= 11 is 0. The molecule has 1 heterocycles. The molecule has 3 N–H and O–H groups in total. The highest BCUT2D eigenvalue weighted by Crippen LogP contribution is 2.32. The summed E-state index contributed by atoms with van der Waals surface area (Å²) in [6.07, 6.45) is -1.35. The Balaban J connectivity index is 1.72. The number of hydrogen-bond acceptors (Lipinski definition) is 5. The molecule has 5 nitrogen and oxygen atoms in total. The quantitative estimate of drug-likeness (QED) is 0.705. The van der Waals surface area contributed by atoms with Crippen molar-refractivity contribution in [1.29, 1.82) is 0 Å². The van der Waals surface area contributed by atoms with Crippen molar-refractivity contribution in [2.24, 2.45) is 10.9 Å². The third kappa shape index (κ3) is 2.31. The fourth-order valence-electron chi connectivity index (χ4n) is 2.70. The van der Waals surface area contributed by atoms with E-state index < -0.39 is 18.3 Å². The van der Waals surface area contributed by atoms with Gasteiger partial charge in [-0.2, -0.15) is 0 Å². The standard InChI is InChI=1S/C14H18N2O3/c1-8-7-10-13(12(18)11(8)17)19-14(16-10)15-9-5-3-2-4-6-9/h2-6,8,10-13,17-18H,7H2,1H3,(H,15,16). The molecule has 1 aliphatic heterocycles. The zero-order valence-corrected chi connectivity index (χ0v) is 10.7. The third-order valence-corrected chi connectivity index (χ3v) is 3.82. The topological polar surface area (TPSA) is 74.1 Å². The summed E-state index contributed by atoms with van der Waals surface area (Å²) in [6, 6.07) is 9.95. The summed E-state index contributed by atoms with van der Waals surface area (Å²) < 4.78 is 5.63. The largest absolute Gasteiger partial charge is 0.457 e. The molecule has 0 aromatic heterocycles. The van der Waals surface area contributed by atoms with Gasteiger partial charge in [-0.05, 0) is 24.5 Å². The van der Waals surface area contributed by atoms with Gasteiger partial charge in [0, 0.05) is 5.69 Å². The number of nitrogens with one attached hydrogen (secondary N) is 1. The van der Waals surface area contributed by atoms with E-state index in [0.29, 0.717) is 6.02 Å². The molecule has 0 amide bonds. The second-order valence-corrected chi connectivity index (χ2v) is 5.27. The zero-order chi connectivity index (χ0) is 13.4. The predicted molar refractivity (Wildman–Crippen MR) is 72.0 cm³/mol. The molecule has 19 heavy (non-hydrogen) atoms. The smallest absolute Gasteiger partial charge is 0.290 e. The molecule has 102 valence electrons. The van der Waals surface area contributed by atoms with E-state index in [-0.39, 0.29) is 12.0 Å². The van der Waals surface area contributed by atoms with Crippen molar-refractivity contribution in [1.82, 2.24) is 0 Å². The van der Waals surface area contributed by atoms with E-state index in [1.54, 1.807) is 0 Å². The fraction of sp³-hybridized carbons (Fsp3) is 0.500. The van der Waals surface area contributed by atoms with Crippen LogP contribution in [-0.2, 0) is 4.74 Å². The number of rotatable bonds is 1. The van der Waals surface area contributed by atoms with E-state index >= 15 is 0 Å². The Morgan fingerprint density at radius 3 is 2.68 bits per heavy atom. The average molecular weight is 262 g/mol. The Morgan fingerprint density at radius 2 is 1.95 bits per heavy atom. The van der Waals surface area contributed by atoms with Crippen LogP contribution in [0.5, 0.6) is 0 Å². The van der Waals surface area contributed by atoms with Gasteiger partial charge in [0.2, 0.25) is 0 Å². The van der Waals surface area contributed by atoms with Crippen molar-refractivity contribution in [3.63, 3.8) is 0 Å². The van der Waals surface area contributed by atoms with Crippen LogP contribution in [0, 0.1) is 5.92 Å². The second-order valence-electron chi connectivity index (χ2n) is 5.27. The van der Waals surface area contributed by atoms with Gasteiger partial charge >= 0.3 is 0 Å². The lowest BCUT2D eigenvalue weighted by molar-refractivity contribution is -0.1000. The maximum Gasteiger partial charge on any atom is 0.290 e. The van der Waals surface area contributed by atoms with E-state index in [2.05, 4.69) is 10.3 Å². The Bertz CT molecular complexity index is 477. The van der Waals surface area contributed by atoms with Crippen LogP contribution in [0.4, 0.5) is 5.69 Å². The van der Waals surface area contributed by atoms with Gasteiger partial charge in [0.25, 0.3) is 6.02 Å². The first-order chi connectivity index (χ1) is 9.15. The number of amidine groups is 1. The molecule has 5 atom stereocenters. The fourth-order valence-corrected chi connectivity index (χ4v) is 2.70. The van der Waals surface area contributed by atoms with E-state index in [0.717, 1.165) is 12.1 Å². The molecule has 0 spiro atoms. The van der Waals surface area contributed by atoms with E-state index in [9.17, 15) is 10.2 Å². The van der Waals surface area contributed by atoms with Crippen LogP contribution in [0.25, 0.3) is 0 Å². The van der Waals surface area contributed by atoms with Crippen molar-refractivity contribution in [2.75, 3.05) is 5.32 Å². The number of fused-ring (bicyclic) bond motifs is 1. The van der Waals surface area contributed by atoms with Gasteiger partial charge < -0.3 is 20.3 Å². The van der Waals surface area contributed by atoms with Crippen molar-refractivity contribution in [3.8, 4) is 0 Å². The first kappa shape index (κ1) is 12.4. The molecular weight excluding hydrogens is 244 g/mol. The molecule has 1 saturated carbocycles. The number of benzene rings is 1. The molecule has 1 fully saturated rings. The van der Waals surface area contributed by atoms with E-state index in [1.807, 2.05) is 37.3 Å². The SMILES string of the molecule is CC1CC2N=C(Nc3ccccc3)OC2C(O)C1O. The maximum absolute atomic E-state index is 10.0. The van der Waals surface area contributed by atoms with Gasteiger partial charge in [-0.25, -0.2) is 4.99 Å². The van der Waals surface area contributed by atoms with Gasteiger partial charge in [-0.3, -0.25) is 0 Å². The van der Waals surface area contributed by atoms with Crippen LogP contribution in [0.3, 0.4) is 0 Å². The van der Waals surface area contributed by atoms with Gasteiger partial charge in [0.1, 0.15) is 6.10 Å². The monoisotopic (exact) mass is 262 g/mol. The lowest BCUT2D eigenvalue weighted by Gasteiger charge is -2.36. The number of aliphatic hydroxyl groups excluding tert-OH is 2. The highest BCUT2D eigenvalue weighted by atomic mass is 16.5. The van der Waals surface area contributed by atoms with Crippen LogP contribution in [0.1, 0.15) is 13.3 Å². The summed E-state index contributed by atoms with van der Waals surface area (Å²) in [7, 11) is 0. The number of aliphatic imine (C=N–C) groups is 1. The number of para-hydroxylation sites is 1. The van der Waals surface area contributed by atoms with Crippen molar-refractivity contribution in [3.05, 3.63) is 30.3 Å². The lowest BCUT2D eigenvalue weighted by Crippen LogP contribution is -2.51. The molecule has 1 aliphatic carbocycles. The summed E-state index contributed by atoms with van der Waals surface area (Å²) in [5, 5.41) is 23.0. The molecule has 0 radical (unpaired) electrons. The van der Waals surface area contributed by atoms with Gasteiger partial charge in [0.15, 0.2) is 6.10 Å². The molecule has 0 saturated heterocycles. The highest BCUT2D eigenvalue weighted by molar-refractivity contribution is 5.90. The third-order valence-electron chi connectivity index (χ3n) is 3.82. The Morgan fingerprint density at radius 1 is 1.21 bits per heavy atom. The summed E-state index contributed by atoms with van der Waals surface area (Å²) in [5.74, 6) is 0.0275. The maximum atomic E-state index is 10.0. The molecule has 3 rings (SSSR count). The second kappa shape index (κ2) is 4.83. The Kier molecular flexibility index (Phi) is 3.16.